The first kappa shape index (κ1) is 19.3. The Balaban J connectivity index is 1.89. The third kappa shape index (κ3) is 3.64. The van der Waals surface area contributed by atoms with E-state index in [0.29, 0.717) is 5.69 Å². The summed E-state index contributed by atoms with van der Waals surface area (Å²) in [5.41, 5.74) is 3.57. The molecule has 2 amide bonds. The number of nitro groups is 1. The maximum Gasteiger partial charge on any atom is 0.366 e. The molecule has 1 aliphatic rings. The molecular weight excluding hydrogens is 364 g/mol. The number of pyridine rings is 1. The molecule has 0 fully saturated rings. The largest absolute Gasteiger partial charge is 0.475 e. The van der Waals surface area contributed by atoms with Gasteiger partial charge in [0.05, 0.1) is 0 Å². The number of fused-ring (bicyclic) bond motifs is 1. The quantitative estimate of drug-likeness (QED) is 0.640. The first-order chi connectivity index (χ1) is 13.2. The number of amides is 2. The number of anilines is 2. The summed E-state index contributed by atoms with van der Waals surface area (Å²) < 4.78 is 5.45. The van der Waals surface area contributed by atoms with Gasteiger partial charge in [-0.3, -0.25) is 14.5 Å². The Hall–Kier alpha value is -3.49. The number of benzene rings is 1. The van der Waals surface area contributed by atoms with Crippen LogP contribution in [0, 0.1) is 30.9 Å². The van der Waals surface area contributed by atoms with Crippen molar-refractivity contribution in [1.82, 2.24) is 4.98 Å². The zero-order valence-electron chi connectivity index (χ0n) is 16.0. The Labute approximate surface area is 161 Å². The van der Waals surface area contributed by atoms with Crippen LogP contribution in [0.3, 0.4) is 0 Å². The van der Waals surface area contributed by atoms with Gasteiger partial charge in [0.1, 0.15) is 6.54 Å². The molecule has 0 spiro atoms. The Bertz CT molecular complexity index is 965. The van der Waals surface area contributed by atoms with Gasteiger partial charge >= 0.3 is 5.82 Å². The van der Waals surface area contributed by atoms with E-state index < -0.39 is 28.7 Å². The van der Waals surface area contributed by atoms with E-state index >= 15 is 0 Å². The summed E-state index contributed by atoms with van der Waals surface area (Å²) >= 11 is 0. The fraction of sp³-hybridized carbons (Fsp3) is 0.316. The SMILES string of the molecule is Cc1cc(C)c(NC(=O)CN2C(=O)C(C)Oc3ccc([N+](=O)[O-])nc32)c(C)c1. The van der Waals surface area contributed by atoms with Crippen molar-refractivity contribution in [2.75, 3.05) is 16.8 Å². The van der Waals surface area contributed by atoms with Gasteiger partial charge in [-0.25, -0.2) is 0 Å². The van der Waals surface area contributed by atoms with Crippen LogP contribution in [0.4, 0.5) is 17.3 Å². The second-order valence-corrected chi connectivity index (χ2v) is 6.75. The van der Waals surface area contributed by atoms with Crippen molar-refractivity contribution in [2.24, 2.45) is 0 Å². The Morgan fingerprint density at radius 1 is 1.29 bits per heavy atom. The molecule has 28 heavy (non-hydrogen) atoms. The van der Waals surface area contributed by atoms with E-state index in [4.69, 9.17) is 4.74 Å². The molecule has 0 bridgehead atoms. The summed E-state index contributed by atoms with van der Waals surface area (Å²) in [6, 6.07) is 6.47. The number of nitrogens with one attached hydrogen (secondary N) is 1. The fourth-order valence-corrected chi connectivity index (χ4v) is 3.23. The van der Waals surface area contributed by atoms with Gasteiger partial charge in [0.15, 0.2) is 11.9 Å². The second-order valence-electron chi connectivity index (χ2n) is 6.75. The number of ether oxygens (including phenoxy) is 1. The molecular formula is C19H20N4O5. The summed E-state index contributed by atoms with van der Waals surface area (Å²) in [6.07, 6.45) is -0.827. The molecule has 0 saturated carbocycles. The normalized spacial score (nSPS) is 15.6. The highest BCUT2D eigenvalue weighted by Gasteiger charge is 2.37. The molecule has 0 aliphatic carbocycles. The molecule has 1 unspecified atom stereocenters. The number of hydrogen-bond acceptors (Lipinski definition) is 6. The zero-order valence-corrected chi connectivity index (χ0v) is 16.0. The molecule has 1 aromatic carbocycles. The van der Waals surface area contributed by atoms with E-state index in [1.54, 1.807) is 6.92 Å². The van der Waals surface area contributed by atoms with Crippen LogP contribution in [0.2, 0.25) is 0 Å². The summed E-state index contributed by atoms with van der Waals surface area (Å²) in [4.78, 5) is 40.6. The van der Waals surface area contributed by atoms with Gasteiger partial charge in [0, 0.05) is 11.8 Å². The molecule has 9 nitrogen and oxygen atoms in total. The minimum absolute atomic E-state index is 0.0372. The molecule has 146 valence electrons. The molecule has 0 saturated heterocycles. The number of rotatable bonds is 4. The van der Waals surface area contributed by atoms with Crippen molar-refractivity contribution in [3.8, 4) is 5.75 Å². The maximum atomic E-state index is 12.6. The molecule has 2 aromatic rings. The van der Waals surface area contributed by atoms with Crippen LogP contribution in [0.1, 0.15) is 23.6 Å². The average molecular weight is 384 g/mol. The van der Waals surface area contributed by atoms with E-state index in [0.717, 1.165) is 21.6 Å². The first-order valence-corrected chi connectivity index (χ1v) is 8.68. The van der Waals surface area contributed by atoms with Gasteiger partial charge in [-0.15, -0.1) is 0 Å². The van der Waals surface area contributed by atoms with Crippen molar-refractivity contribution in [2.45, 2.75) is 33.8 Å². The molecule has 0 radical (unpaired) electrons. The van der Waals surface area contributed by atoms with Crippen LogP contribution < -0.4 is 15.0 Å². The highest BCUT2D eigenvalue weighted by Crippen LogP contribution is 2.34. The predicted octanol–water partition coefficient (Wildman–Crippen LogP) is 2.67. The first-order valence-electron chi connectivity index (χ1n) is 8.68. The highest BCUT2D eigenvalue weighted by atomic mass is 16.6. The molecule has 9 heteroatoms. The molecule has 1 atom stereocenters. The van der Waals surface area contributed by atoms with Crippen LogP contribution in [0.15, 0.2) is 24.3 Å². The van der Waals surface area contributed by atoms with Crippen LogP contribution in [0.5, 0.6) is 5.75 Å². The molecule has 1 aliphatic heterocycles. The molecule has 1 aromatic heterocycles. The van der Waals surface area contributed by atoms with E-state index in [-0.39, 0.29) is 18.1 Å². The van der Waals surface area contributed by atoms with E-state index in [2.05, 4.69) is 10.3 Å². The van der Waals surface area contributed by atoms with Crippen molar-refractivity contribution in [3.63, 3.8) is 0 Å². The summed E-state index contributed by atoms with van der Waals surface area (Å²) in [6.45, 7) is 6.96. The van der Waals surface area contributed by atoms with Gasteiger partial charge in [-0.05, 0) is 54.8 Å². The lowest BCUT2D eigenvalue weighted by molar-refractivity contribution is -0.389. The number of aryl methyl sites for hydroxylation is 3. The van der Waals surface area contributed by atoms with E-state index in [9.17, 15) is 19.7 Å². The third-order valence-corrected chi connectivity index (χ3v) is 4.43. The van der Waals surface area contributed by atoms with Gasteiger partial charge < -0.3 is 20.2 Å². The van der Waals surface area contributed by atoms with Crippen LogP contribution in [-0.2, 0) is 9.59 Å². The second kappa shape index (κ2) is 7.26. The number of hydrogen-bond donors (Lipinski definition) is 1. The Kier molecular flexibility index (Phi) is 5.00. The predicted molar refractivity (Wildman–Crippen MR) is 103 cm³/mol. The average Bonchev–Trinajstić information content (AvgIpc) is 2.61. The van der Waals surface area contributed by atoms with Crippen molar-refractivity contribution in [3.05, 3.63) is 51.1 Å². The standard InChI is InChI=1S/C19H20N4O5/c1-10-7-11(2)17(12(3)8-10)21-16(24)9-22-18-14(28-13(4)19(22)25)5-6-15(20-18)23(26)27/h5-8,13H,9H2,1-4H3,(H,21,24). The summed E-state index contributed by atoms with van der Waals surface area (Å²) in [7, 11) is 0. The van der Waals surface area contributed by atoms with Gasteiger partial charge in [-0.1, -0.05) is 17.7 Å². The fourth-order valence-electron chi connectivity index (χ4n) is 3.23. The lowest BCUT2D eigenvalue weighted by atomic mass is 10.1. The maximum absolute atomic E-state index is 12.6. The van der Waals surface area contributed by atoms with Crippen LogP contribution in [0.25, 0.3) is 0 Å². The Morgan fingerprint density at radius 3 is 2.54 bits per heavy atom. The van der Waals surface area contributed by atoms with Crippen molar-refractivity contribution >= 4 is 29.1 Å². The lowest BCUT2D eigenvalue weighted by Crippen LogP contribution is -2.48. The number of carbonyl (C=O) groups is 2. The lowest BCUT2D eigenvalue weighted by Gasteiger charge is -2.29. The van der Waals surface area contributed by atoms with Crippen LogP contribution in [-0.4, -0.2) is 34.4 Å². The number of nitrogens with zero attached hydrogens (tertiary/aromatic N) is 3. The molecule has 3 rings (SSSR count). The third-order valence-electron chi connectivity index (χ3n) is 4.43. The monoisotopic (exact) mass is 384 g/mol. The van der Waals surface area contributed by atoms with Crippen molar-refractivity contribution in [1.29, 1.82) is 0 Å². The molecule has 2 heterocycles. The minimum atomic E-state index is -0.827. The molecule has 1 N–H and O–H groups in total. The highest BCUT2D eigenvalue weighted by molar-refractivity contribution is 6.05. The van der Waals surface area contributed by atoms with Crippen LogP contribution >= 0.6 is 0 Å². The number of aromatic nitrogens is 1. The van der Waals surface area contributed by atoms with Gasteiger partial charge in [0.25, 0.3) is 11.7 Å². The summed E-state index contributed by atoms with van der Waals surface area (Å²) in [5, 5.41) is 13.8. The van der Waals surface area contributed by atoms with Gasteiger partial charge in [-0.2, -0.15) is 0 Å². The van der Waals surface area contributed by atoms with Crippen molar-refractivity contribution < 1.29 is 19.2 Å². The number of carbonyl (C=O) groups excluding carboxylic acids is 2. The van der Waals surface area contributed by atoms with Gasteiger partial charge in [0.2, 0.25) is 5.91 Å². The topological polar surface area (TPSA) is 115 Å². The van der Waals surface area contributed by atoms with E-state index in [1.165, 1.54) is 12.1 Å². The summed E-state index contributed by atoms with van der Waals surface area (Å²) in [5.74, 6) is -1.18. The van der Waals surface area contributed by atoms with E-state index in [1.807, 2.05) is 32.9 Å². The smallest absolute Gasteiger partial charge is 0.366 e. The zero-order chi connectivity index (χ0) is 20.6. The minimum Gasteiger partial charge on any atom is -0.475 e. The Morgan fingerprint density at radius 2 is 1.93 bits per heavy atom.